The SMILES string of the molecule is C=CCc1c(S(=O)(=O)[O-])ccc2cc3ccccc3cc12.[K+]. The van der Waals surface area contributed by atoms with Gasteiger partial charge in [-0.2, -0.15) is 0 Å². The van der Waals surface area contributed by atoms with E-state index in [0.29, 0.717) is 12.0 Å². The molecule has 0 aliphatic rings. The van der Waals surface area contributed by atoms with Crippen molar-refractivity contribution in [2.75, 3.05) is 0 Å². The quantitative estimate of drug-likeness (QED) is 0.305. The molecule has 22 heavy (non-hydrogen) atoms. The zero-order chi connectivity index (χ0) is 15.0. The zero-order valence-electron chi connectivity index (χ0n) is 12.2. The van der Waals surface area contributed by atoms with Crippen molar-refractivity contribution in [2.45, 2.75) is 11.3 Å². The van der Waals surface area contributed by atoms with Crippen LogP contribution >= 0.6 is 0 Å². The molecule has 0 heterocycles. The average molecular weight is 336 g/mol. The second-order valence-electron chi connectivity index (χ2n) is 4.91. The minimum Gasteiger partial charge on any atom is -0.744 e. The Morgan fingerprint density at radius 3 is 2.23 bits per heavy atom. The van der Waals surface area contributed by atoms with Crippen LogP contribution in [0.15, 0.2) is 66.1 Å². The summed E-state index contributed by atoms with van der Waals surface area (Å²) in [5, 5.41) is 3.78. The predicted molar refractivity (Wildman–Crippen MR) is 83.3 cm³/mol. The van der Waals surface area contributed by atoms with Gasteiger partial charge >= 0.3 is 51.4 Å². The Morgan fingerprint density at radius 1 is 1.00 bits per heavy atom. The molecule has 0 aromatic heterocycles. The molecule has 0 atom stereocenters. The minimum absolute atomic E-state index is 0. The summed E-state index contributed by atoms with van der Waals surface area (Å²) in [7, 11) is -4.50. The van der Waals surface area contributed by atoms with Gasteiger partial charge in [0.25, 0.3) is 0 Å². The van der Waals surface area contributed by atoms with E-state index in [1.807, 2.05) is 36.4 Å². The van der Waals surface area contributed by atoms with Crippen LogP contribution in [0.3, 0.4) is 0 Å². The van der Waals surface area contributed by atoms with Gasteiger partial charge in [0.2, 0.25) is 0 Å². The summed E-state index contributed by atoms with van der Waals surface area (Å²) in [6.45, 7) is 3.65. The maximum Gasteiger partial charge on any atom is 1.00 e. The van der Waals surface area contributed by atoms with Crippen molar-refractivity contribution < 1.29 is 64.4 Å². The van der Waals surface area contributed by atoms with Gasteiger partial charge in [-0.05, 0) is 51.7 Å². The van der Waals surface area contributed by atoms with E-state index < -0.39 is 10.1 Å². The smallest absolute Gasteiger partial charge is 0.744 e. The molecule has 5 heteroatoms. The molecule has 106 valence electrons. The van der Waals surface area contributed by atoms with Gasteiger partial charge in [0.15, 0.2) is 0 Å². The van der Waals surface area contributed by atoms with E-state index in [1.165, 1.54) is 6.07 Å². The number of benzene rings is 3. The monoisotopic (exact) mass is 336 g/mol. The summed E-state index contributed by atoms with van der Waals surface area (Å²) in [6, 6.07) is 14.8. The predicted octanol–water partition coefficient (Wildman–Crippen LogP) is 0.630. The molecule has 0 fully saturated rings. The van der Waals surface area contributed by atoms with Gasteiger partial charge in [-0.1, -0.05) is 36.4 Å². The van der Waals surface area contributed by atoms with Crippen molar-refractivity contribution in [3.8, 4) is 0 Å². The second-order valence-corrected chi connectivity index (χ2v) is 6.26. The molecule has 0 N–H and O–H groups in total. The molecule has 0 aliphatic carbocycles. The molecule has 3 rings (SSSR count). The van der Waals surface area contributed by atoms with Gasteiger partial charge in [-0.25, -0.2) is 8.42 Å². The van der Waals surface area contributed by atoms with E-state index in [-0.39, 0.29) is 56.3 Å². The average Bonchev–Trinajstić information content (AvgIpc) is 2.44. The second kappa shape index (κ2) is 6.92. The van der Waals surface area contributed by atoms with Crippen LogP contribution in [0.25, 0.3) is 21.5 Å². The standard InChI is InChI=1S/C17H14O3S.K/c1-2-5-15-16-11-13-7-4-3-6-12(13)10-14(16)8-9-17(15)21(18,19)20;/h2-4,6-11H,1,5H2,(H,18,19,20);/q;+1/p-1. The minimum atomic E-state index is -4.50. The van der Waals surface area contributed by atoms with Gasteiger partial charge in [0.1, 0.15) is 10.1 Å². The number of hydrogen-bond donors (Lipinski definition) is 0. The molecule has 0 bridgehead atoms. The first kappa shape index (κ1) is 17.8. The first-order chi connectivity index (χ1) is 10.0. The molecule has 0 aliphatic heterocycles. The molecule has 0 saturated carbocycles. The van der Waals surface area contributed by atoms with Crippen LogP contribution in [0, 0.1) is 0 Å². The number of fused-ring (bicyclic) bond motifs is 2. The number of rotatable bonds is 3. The Labute approximate surface area is 172 Å². The van der Waals surface area contributed by atoms with Gasteiger partial charge < -0.3 is 4.55 Å². The van der Waals surface area contributed by atoms with Gasteiger partial charge in [0.05, 0.1) is 4.90 Å². The van der Waals surface area contributed by atoms with E-state index >= 15 is 0 Å². The van der Waals surface area contributed by atoms with Gasteiger partial charge in [-0.15, -0.1) is 6.58 Å². The molecular formula is C17H13KO3S. The van der Waals surface area contributed by atoms with Crippen LogP contribution in [-0.4, -0.2) is 13.0 Å². The molecule has 0 unspecified atom stereocenters. The fourth-order valence-corrected chi connectivity index (χ4v) is 3.37. The third-order valence-corrected chi connectivity index (χ3v) is 4.49. The third kappa shape index (κ3) is 3.36. The van der Waals surface area contributed by atoms with Crippen LogP contribution in [0.2, 0.25) is 0 Å². The first-order valence-electron chi connectivity index (χ1n) is 6.52. The number of allylic oxidation sites excluding steroid dienone is 1. The normalized spacial score (nSPS) is 11.3. The van der Waals surface area contributed by atoms with Crippen molar-refractivity contribution in [2.24, 2.45) is 0 Å². The molecule has 0 radical (unpaired) electrons. The maximum atomic E-state index is 11.4. The van der Waals surface area contributed by atoms with E-state index in [2.05, 4.69) is 6.58 Å². The summed E-state index contributed by atoms with van der Waals surface area (Å²) < 4.78 is 34.3. The summed E-state index contributed by atoms with van der Waals surface area (Å²) in [5.74, 6) is 0. The van der Waals surface area contributed by atoms with E-state index in [4.69, 9.17) is 0 Å². The van der Waals surface area contributed by atoms with Crippen LogP contribution in [0.4, 0.5) is 0 Å². The van der Waals surface area contributed by atoms with E-state index in [9.17, 15) is 13.0 Å². The van der Waals surface area contributed by atoms with Crippen LogP contribution in [-0.2, 0) is 16.5 Å². The Bertz CT molecular complexity index is 962. The van der Waals surface area contributed by atoms with E-state index in [0.717, 1.165) is 21.5 Å². The Morgan fingerprint density at radius 2 is 1.64 bits per heavy atom. The summed E-state index contributed by atoms with van der Waals surface area (Å²) in [5.41, 5.74) is 0.517. The fraction of sp³-hybridized carbons (Fsp3) is 0.0588. The van der Waals surface area contributed by atoms with Crippen molar-refractivity contribution >= 4 is 31.7 Å². The van der Waals surface area contributed by atoms with Gasteiger partial charge in [0, 0.05) is 0 Å². The number of hydrogen-bond acceptors (Lipinski definition) is 3. The fourth-order valence-electron chi connectivity index (χ4n) is 2.65. The molecule has 0 saturated heterocycles. The van der Waals surface area contributed by atoms with Crippen LogP contribution < -0.4 is 51.4 Å². The van der Waals surface area contributed by atoms with E-state index in [1.54, 1.807) is 12.1 Å². The zero-order valence-corrected chi connectivity index (χ0v) is 16.2. The molecule has 3 aromatic rings. The summed E-state index contributed by atoms with van der Waals surface area (Å²) in [4.78, 5) is -0.162. The van der Waals surface area contributed by atoms with Crippen LogP contribution in [0.5, 0.6) is 0 Å². The van der Waals surface area contributed by atoms with Crippen molar-refractivity contribution in [1.82, 2.24) is 0 Å². The summed E-state index contributed by atoms with van der Waals surface area (Å²) >= 11 is 0. The molecule has 3 aromatic carbocycles. The molecular weight excluding hydrogens is 323 g/mol. The molecule has 0 amide bonds. The molecule has 0 spiro atoms. The largest absolute Gasteiger partial charge is 1.00 e. The van der Waals surface area contributed by atoms with Crippen LogP contribution in [0.1, 0.15) is 5.56 Å². The topological polar surface area (TPSA) is 57.2 Å². The Kier molecular flexibility index (Phi) is 5.61. The maximum absolute atomic E-state index is 11.4. The first-order valence-corrected chi connectivity index (χ1v) is 7.93. The molecule has 3 nitrogen and oxygen atoms in total. The third-order valence-electron chi connectivity index (χ3n) is 3.57. The van der Waals surface area contributed by atoms with Crippen molar-refractivity contribution in [1.29, 1.82) is 0 Å². The van der Waals surface area contributed by atoms with Gasteiger partial charge in [-0.3, -0.25) is 0 Å². The summed E-state index contributed by atoms with van der Waals surface area (Å²) in [6.07, 6.45) is 1.95. The Hall–Kier alpha value is -0.534. The van der Waals surface area contributed by atoms with Crippen molar-refractivity contribution in [3.05, 3.63) is 66.7 Å². The van der Waals surface area contributed by atoms with Crippen molar-refractivity contribution in [3.63, 3.8) is 0 Å². The Balaban J connectivity index is 0.00000176.